The molecule has 2 aromatic heterocycles. The molecule has 0 N–H and O–H groups in total. The van der Waals surface area contributed by atoms with E-state index in [1.54, 1.807) is 28.7 Å². The lowest BCUT2D eigenvalue weighted by molar-refractivity contribution is -0.141. The number of hydrazone groups is 1. The molecule has 5 nitrogen and oxygen atoms in total. The van der Waals surface area contributed by atoms with Gasteiger partial charge in [-0.05, 0) is 34.5 Å². The second-order valence-corrected chi connectivity index (χ2v) is 8.26. The fourth-order valence-electron chi connectivity index (χ4n) is 3.09. The molecule has 1 aliphatic rings. The van der Waals surface area contributed by atoms with E-state index in [2.05, 4.69) is 21.4 Å². The molecule has 1 amide bonds. The first kappa shape index (κ1) is 16.8. The Morgan fingerprint density at radius 2 is 1.92 bits per heavy atom. The van der Waals surface area contributed by atoms with Crippen molar-refractivity contribution in [1.82, 2.24) is 15.0 Å². The summed E-state index contributed by atoms with van der Waals surface area (Å²) in [6.07, 6.45) is 4.07. The van der Waals surface area contributed by atoms with Gasteiger partial charge in [0.1, 0.15) is 0 Å². The number of carbonyl (C=O) groups excluding carboxylic acids is 1. The fourth-order valence-corrected chi connectivity index (χ4v) is 3.76. The van der Waals surface area contributed by atoms with Crippen molar-refractivity contribution in [1.29, 1.82) is 0 Å². The number of nitrogens with zero attached hydrogens (tertiary/aromatic N) is 4. The normalized spacial score (nSPS) is 17.6. The Hall–Kier alpha value is -2.60. The lowest BCUT2D eigenvalue weighted by atomic mass is 9.93. The Morgan fingerprint density at radius 1 is 1.15 bits per heavy atom. The Labute approximate surface area is 156 Å². The van der Waals surface area contributed by atoms with Gasteiger partial charge in [0.2, 0.25) is 5.91 Å². The molecule has 1 aliphatic heterocycles. The molecule has 0 saturated heterocycles. The number of hydrogen-bond donors (Lipinski definition) is 0. The summed E-state index contributed by atoms with van der Waals surface area (Å²) in [7, 11) is 0. The molecule has 1 atom stereocenters. The molecule has 132 valence electrons. The Bertz CT molecular complexity index is 988. The summed E-state index contributed by atoms with van der Waals surface area (Å²) in [5.74, 6) is 0.0203. The molecular weight excluding hydrogens is 344 g/mol. The Balaban J connectivity index is 1.76. The predicted molar refractivity (Wildman–Crippen MR) is 104 cm³/mol. The monoisotopic (exact) mass is 364 g/mol. The van der Waals surface area contributed by atoms with E-state index in [4.69, 9.17) is 5.10 Å². The number of amides is 1. The lowest BCUT2D eigenvalue weighted by Gasteiger charge is -2.28. The van der Waals surface area contributed by atoms with Gasteiger partial charge in [0.05, 0.1) is 22.8 Å². The molecule has 6 heteroatoms. The van der Waals surface area contributed by atoms with E-state index in [-0.39, 0.29) is 11.9 Å². The zero-order valence-electron chi connectivity index (χ0n) is 15.0. The highest BCUT2D eigenvalue weighted by Crippen LogP contribution is 2.36. The van der Waals surface area contributed by atoms with E-state index >= 15 is 0 Å². The maximum absolute atomic E-state index is 13.0. The maximum atomic E-state index is 13.0. The standard InChI is InChI=1S/C20H20N4OS/c1-20(2,3)19(25)24-18(11-16(23-24)14-6-9-26-12-14)13-4-5-15-17(10-13)22-8-7-21-15/h4-10,12,18H,11H2,1-3H3/t18-/m1/s1. The van der Waals surface area contributed by atoms with E-state index in [0.29, 0.717) is 6.42 Å². The third-order valence-corrected chi connectivity index (χ3v) is 5.18. The average Bonchev–Trinajstić information content (AvgIpc) is 3.29. The highest BCUT2D eigenvalue weighted by molar-refractivity contribution is 7.08. The molecule has 0 spiro atoms. The van der Waals surface area contributed by atoms with Crippen LogP contribution in [0.15, 0.2) is 52.5 Å². The Morgan fingerprint density at radius 3 is 2.62 bits per heavy atom. The van der Waals surface area contributed by atoms with E-state index < -0.39 is 5.41 Å². The molecule has 4 rings (SSSR count). The first-order valence-corrected chi connectivity index (χ1v) is 9.52. The second kappa shape index (κ2) is 6.29. The minimum atomic E-state index is -0.498. The molecule has 0 saturated carbocycles. The summed E-state index contributed by atoms with van der Waals surface area (Å²) in [5.41, 5.74) is 4.25. The molecule has 0 fully saturated rings. The summed E-state index contributed by atoms with van der Waals surface area (Å²) in [4.78, 5) is 21.7. The molecule has 0 aliphatic carbocycles. The average molecular weight is 364 g/mol. The first-order valence-electron chi connectivity index (χ1n) is 8.58. The van der Waals surface area contributed by atoms with Gasteiger partial charge in [0, 0.05) is 29.8 Å². The molecule has 0 radical (unpaired) electrons. The van der Waals surface area contributed by atoms with E-state index in [9.17, 15) is 4.79 Å². The minimum Gasteiger partial charge on any atom is -0.272 e. The van der Waals surface area contributed by atoms with Gasteiger partial charge in [-0.15, -0.1) is 0 Å². The van der Waals surface area contributed by atoms with Crippen molar-refractivity contribution < 1.29 is 4.79 Å². The van der Waals surface area contributed by atoms with Crippen molar-refractivity contribution >= 4 is 34.0 Å². The van der Waals surface area contributed by atoms with Gasteiger partial charge in [-0.2, -0.15) is 16.4 Å². The van der Waals surface area contributed by atoms with E-state index in [1.165, 1.54) is 0 Å². The van der Waals surface area contributed by atoms with Crippen LogP contribution in [0.25, 0.3) is 11.0 Å². The van der Waals surface area contributed by atoms with Crippen LogP contribution in [0.1, 0.15) is 44.4 Å². The quantitative estimate of drug-likeness (QED) is 0.676. The van der Waals surface area contributed by atoms with Crippen molar-refractivity contribution in [2.24, 2.45) is 10.5 Å². The second-order valence-electron chi connectivity index (χ2n) is 7.48. The minimum absolute atomic E-state index is 0.0203. The van der Waals surface area contributed by atoms with Crippen LogP contribution < -0.4 is 0 Å². The summed E-state index contributed by atoms with van der Waals surface area (Å²) < 4.78 is 0. The first-order chi connectivity index (χ1) is 12.4. The van der Waals surface area contributed by atoms with Crippen LogP contribution in [0.5, 0.6) is 0 Å². The molecule has 0 bridgehead atoms. The van der Waals surface area contributed by atoms with Crippen LogP contribution in [0.2, 0.25) is 0 Å². The van der Waals surface area contributed by atoms with Gasteiger partial charge >= 0.3 is 0 Å². The summed E-state index contributed by atoms with van der Waals surface area (Å²) >= 11 is 1.64. The van der Waals surface area contributed by atoms with Gasteiger partial charge in [-0.25, -0.2) is 5.01 Å². The van der Waals surface area contributed by atoms with Crippen molar-refractivity contribution in [2.45, 2.75) is 33.2 Å². The van der Waals surface area contributed by atoms with Crippen molar-refractivity contribution in [3.05, 3.63) is 58.5 Å². The van der Waals surface area contributed by atoms with Crippen LogP contribution in [0, 0.1) is 5.41 Å². The summed E-state index contributed by atoms with van der Waals surface area (Å²) in [5, 5.41) is 10.5. The summed E-state index contributed by atoms with van der Waals surface area (Å²) in [6.45, 7) is 5.78. The number of benzene rings is 1. The van der Waals surface area contributed by atoms with Gasteiger partial charge in [0.15, 0.2) is 0 Å². The third kappa shape index (κ3) is 3.01. The highest BCUT2D eigenvalue weighted by Gasteiger charge is 2.38. The van der Waals surface area contributed by atoms with Crippen LogP contribution in [0.3, 0.4) is 0 Å². The molecular formula is C20H20N4OS. The molecule has 3 aromatic rings. The number of thiophene rings is 1. The zero-order valence-corrected chi connectivity index (χ0v) is 15.8. The van der Waals surface area contributed by atoms with Crippen molar-refractivity contribution in [3.63, 3.8) is 0 Å². The van der Waals surface area contributed by atoms with E-state index in [1.807, 2.05) is 44.4 Å². The molecule has 26 heavy (non-hydrogen) atoms. The van der Waals surface area contributed by atoms with Gasteiger partial charge in [-0.3, -0.25) is 14.8 Å². The number of rotatable bonds is 2. The van der Waals surface area contributed by atoms with Crippen LogP contribution in [-0.4, -0.2) is 26.6 Å². The third-order valence-electron chi connectivity index (χ3n) is 4.49. The SMILES string of the molecule is CC(C)(C)C(=O)N1N=C(c2ccsc2)C[C@@H]1c1ccc2nccnc2c1. The highest BCUT2D eigenvalue weighted by atomic mass is 32.1. The zero-order chi connectivity index (χ0) is 18.3. The molecule has 0 unspecified atom stereocenters. The van der Waals surface area contributed by atoms with Crippen LogP contribution in [-0.2, 0) is 4.79 Å². The fraction of sp³-hybridized carbons (Fsp3) is 0.300. The molecule has 3 heterocycles. The number of hydrogen-bond acceptors (Lipinski definition) is 5. The number of fused-ring (bicyclic) bond motifs is 1. The van der Waals surface area contributed by atoms with Gasteiger partial charge in [0.25, 0.3) is 0 Å². The molecule has 1 aromatic carbocycles. The topological polar surface area (TPSA) is 58.5 Å². The van der Waals surface area contributed by atoms with Gasteiger partial charge < -0.3 is 0 Å². The largest absolute Gasteiger partial charge is 0.272 e. The number of aromatic nitrogens is 2. The van der Waals surface area contributed by atoms with Crippen LogP contribution >= 0.6 is 11.3 Å². The smallest absolute Gasteiger partial charge is 0.248 e. The predicted octanol–water partition coefficient (Wildman–Crippen LogP) is 4.42. The van der Waals surface area contributed by atoms with Gasteiger partial charge in [-0.1, -0.05) is 26.8 Å². The number of carbonyl (C=O) groups is 1. The Kier molecular flexibility index (Phi) is 4.07. The van der Waals surface area contributed by atoms with Crippen molar-refractivity contribution in [3.8, 4) is 0 Å². The van der Waals surface area contributed by atoms with E-state index in [0.717, 1.165) is 27.9 Å². The lowest BCUT2D eigenvalue weighted by Crippen LogP contribution is -2.36. The maximum Gasteiger partial charge on any atom is 0.248 e. The van der Waals surface area contributed by atoms with Crippen molar-refractivity contribution in [2.75, 3.05) is 0 Å². The van der Waals surface area contributed by atoms with Crippen LogP contribution in [0.4, 0.5) is 0 Å². The summed E-state index contributed by atoms with van der Waals surface area (Å²) in [6, 6.07) is 7.93.